The molecule has 0 aliphatic carbocycles. The van der Waals surface area contributed by atoms with Crippen LogP contribution in [0, 0.1) is 0 Å². The summed E-state index contributed by atoms with van der Waals surface area (Å²) >= 11 is 0. The van der Waals surface area contributed by atoms with Crippen molar-refractivity contribution < 1.29 is 84.2 Å². The second kappa shape index (κ2) is 8.45. The summed E-state index contributed by atoms with van der Waals surface area (Å²) in [6.07, 6.45) is -8.09. The highest BCUT2D eigenvalue weighted by Gasteiger charge is 2.96. The molecule has 20 heteroatoms. The van der Waals surface area contributed by atoms with Gasteiger partial charge in [0.25, 0.3) is 11.8 Å². The number of carbonyl (C=O) groups excluding carboxylic acids is 2. The first kappa shape index (κ1) is 31.1. The van der Waals surface area contributed by atoms with E-state index in [-0.39, 0.29) is 6.08 Å². The van der Waals surface area contributed by atoms with Crippen molar-refractivity contribution in [2.75, 3.05) is 0 Å². The maximum absolute atomic E-state index is 14.4. The zero-order chi connectivity index (χ0) is 30.1. The third kappa shape index (κ3) is 3.80. The summed E-state index contributed by atoms with van der Waals surface area (Å²) in [4.78, 5) is 21.7. The van der Waals surface area contributed by atoms with Crippen LogP contribution in [0.5, 0.6) is 0 Å². The van der Waals surface area contributed by atoms with Crippen LogP contribution in [0.2, 0.25) is 0 Å². The van der Waals surface area contributed by atoms with E-state index in [1.165, 1.54) is 6.07 Å². The Labute approximate surface area is 197 Å². The zero-order valence-corrected chi connectivity index (χ0v) is 17.2. The highest BCUT2D eigenvalue weighted by molar-refractivity contribution is 6.33. The number of halogens is 17. The maximum Gasteiger partial charge on any atom is 0.460 e. The monoisotopic (exact) mass is 591 g/mol. The molecule has 0 radical (unpaired) electrons. The molecule has 2 rings (SSSR count). The number of alkyl halides is 17. The molecule has 0 bridgehead atoms. The number of nitrogens with zero attached hydrogens (tertiary/aromatic N) is 1. The smallest absolute Gasteiger partial charge is 0.269 e. The van der Waals surface area contributed by atoms with Gasteiger partial charge in [0.2, 0.25) is 0 Å². The van der Waals surface area contributed by atoms with Crippen LogP contribution in [0.15, 0.2) is 36.4 Å². The molecule has 1 aliphatic rings. The molecule has 3 nitrogen and oxygen atoms in total. The quantitative estimate of drug-likeness (QED) is 0.199. The minimum Gasteiger partial charge on any atom is -0.269 e. The van der Waals surface area contributed by atoms with Crippen molar-refractivity contribution in [1.29, 1.82) is 0 Å². The lowest BCUT2D eigenvalue weighted by molar-refractivity contribution is -0.465. The van der Waals surface area contributed by atoms with Gasteiger partial charge in [-0.25, -0.2) is 4.90 Å². The Morgan fingerprint density at radius 2 is 0.868 bits per heavy atom. The van der Waals surface area contributed by atoms with E-state index in [1.807, 2.05) is 0 Å². The van der Waals surface area contributed by atoms with Crippen LogP contribution in [0.3, 0.4) is 0 Å². The fourth-order valence-electron chi connectivity index (χ4n) is 2.86. The van der Waals surface area contributed by atoms with E-state index in [0.29, 0.717) is 0 Å². The van der Waals surface area contributed by atoms with Crippen molar-refractivity contribution in [2.24, 2.45) is 0 Å². The molecule has 0 unspecified atom stereocenters. The summed E-state index contributed by atoms with van der Waals surface area (Å²) in [6.45, 7) is 0. The van der Waals surface area contributed by atoms with Gasteiger partial charge in [0.1, 0.15) is 0 Å². The van der Waals surface area contributed by atoms with Crippen molar-refractivity contribution in [2.45, 2.75) is 47.8 Å². The molecule has 1 aromatic carbocycles. The number of carbonyl (C=O) groups is 2. The van der Waals surface area contributed by atoms with Crippen molar-refractivity contribution in [3.05, 3.63) is 42.0 Å². The largest absolute Gasteiger partial charge is 0.460 e. The van der Waals surface area contributed by atoms with Crippen LogP contribution in [0.4, 0.5) is 74.6 Å². The van der Waals surface area contributed by atoms with E-state index >= 15 is 0 Å². The van der Waals surface area contributed by atoms with E-state index in [1.54, 1.807) is 0 Å². The molecule has 0 fully saturated rings. The predicted molar refractivity (Wildman–Crippen MR) is 87.0 cm³/mol. The minimum absolute atomic E-state index is 0.218. The second-order valence-corrected chi connectivity index (χ2v) is 7.39. The van der Waals surface area contributed by atoms with E-state index in [0.717, 1.165) is 24.3 Å². The fraction of sp³-hybridized carbons (Fsp3) is 0.444. The first-order chi connectivity index (χ1) is 16.7. The highest BCUT2D eigenvalue weighted by atomic mass is 19.4. The van der Waals surface area contributed by atoms with Gasteiger partial charge in [0.15, 0.2) is 0 Å². The Bertz CT molecular complexity index is 1140. The van der Waals surface area contributed by atoms with E-state index in [4.69, 9.17) is 0 Å². The van der Waals surface area contributed by atoms with Gasteiger partial charge < -0.3 is 0 Å². The van der Waals surface area contributed by atoms with Crippen molar-refractivity contribution in [3.63, 3.8) is 0 Å². The Balaban J connectivity index is 2.62. The molecule has 1 heterocycles. The van der Waals surface area contributed by atoms with Gasteiger partial charge in [-0.3, -0.25) is 9.59 Å². The molecule has 214 valence electrons. The topological polar surface area (TPSA) is 37.4 Å². The molecule has 1 aromatic rings. The molecule has 2 amide bonds. The van der Waals surface area contributed by atoms with Crippen LogP contribution < -0.4 is 0 Å². The normalized spacial score (nSPS) is 17.3. The zero-order valence-electron chi connectivity index (χ0n) is 17.2. The number of rotatable bonds is 8. The molecule has 0 saturated carbocycles. The van der Waals surface area contributed by atoms with Gasteiger partial charge in [-0.15, -0.1) is 0 Å². The summed E-state index contributed by atoms with van der Waals surface area (Å²) in [5.41, 5.74) is -1.80. The third-order valence-corrected chi connectivity index (χ3v) is 4.99. The molecular weight excluding hydrogens is 585 g/mol. The Hall–Kier alpha value is -3.09. The van der Waals surface area contributed by atoms with Gasteiger partial charge in [-0.05, 0) is 5.56 Å². The predicted octanol–water partition coefficient (Wildman–Crippen LogP) is 6.41. The van der Waals surface area contributed by atoms with E-state index < -0.39 is 75.6 Å². The fourth-order valence-corrected chi connectivity index (χ4v) is 2.86. The maximum atomic E-state index is 14.4. The molecular formula is C18H6F17NO2. The Kier molecular flexibility index (Phi) is 6.93. The third-order valence-electron chi connectivity index (χ3n) is 4.99. The van der Waals surface area contributed by atoms with Crippen molar-refractivity contribution >= 4 is 17.4 Å². The summed E-state index contributed by atoms with van der Waals surface area (Å²) < 4.78 is 228. The first-order valence-electron chi connectivity index (χ1n) is 9.03. The molecule has 0 spiro atoms. The molecule has 1 aliphatic heterocycles. The van der Waals surface area contributed by atoms with Gasteiger partial charge >= 0.3 is 47.8 Å². The second-order valence-electron chi connectivity index (χ2n) is 7.39. The lowest BCUT2D eigenvalue weighted by Gasteiger charge is -2.43. The van der Waals surface area contributed by atoms with E-state index in [2.05, 4.69) is 0 Å². The van der Waals surface area contributed by atoms with Gasteiger partial charge in [0.05, 0.1) is 5.57 Å². The van der Waals surface area contributed by atoms with Crippen molar-refractivity contribution in [3.8, 4) is 0 Å². The summed E-state index contributed by atoms with van der Waals surface area (Å²) in [7, 11) is 0. The van der Waals surface area contributed by atoms with Crippen molar-refractivity contribution in [1.82, 2.24) is 4.90 Å². The Morgan fingerprint density at radius 1 is 0.500 bits per heavy atom. The lowest BCUT2D eigenvalue weighted by Crippen LogP contribution is -2.76. The average molecular weight is 591 g/mol. The van der Waals surface area contributed by atoms with Gasteiger partial charge in [-0.1, -0.05) is 30.3 Å². The molecule has 0 aromatic heterocycles. The molecule has 0 atom stereocenters. The van der Waals surface area contributed by atoms with Crippen LogP contribution in [0.1, 0.15) is 5.56 Å². The SMILES string of the molecule is O=C1C=C(c2ccccc2)C(=O)N1C(F)(F)C(F)(F)C(F)(F)C(F)(F)C(F)(F)C(F)(F)C(F)(F)C(F)(F)F. The molecule has 38 heavy (non-hydrogen) atoms. The number of imide groups is 1. The standard InChI is InChI=1S/C18H6F17NO2/c19-11(20,13(23,24)15(27,28)17(31,32)33)12(21,22)14(25,26)16(29,30)18(34,35)36-9(37)6-8(10(36)38)7-4-2-1-3-5-7/h1-6H. The number of hydrogen-bond acceptors (Lipinski definition) is 2. The van der Waals surface area contributed by atoms with Crippen LogP contribution >= 0.6 is 0 Å². The van der Waals surface area contributed by atoms with Gasteiger partial charge in [-0.2, -0.15) is 74.6 Å². The summed E-state index contributed by atoms with van der Waals surface area (Å²) in [5, 5.41) is 0. The number of amides is 2. The average Bonchev–Trinajstić information content (AvgIpc) is 3.07. The highest BCUT2D eigenvalue weighted by Crippen LogP contribution is 2.64. The van der Waals surface area contributed by atoms with Gasteiger partial charge in [0, 0.05) is 6.08 Å². The minimum atomic E-state index is -8.81. The van der Waals surface area contributed by atoms with E-state index in [9.17, 15) is 84.2 Å². The first-order valence-corrected chi connectivity index (χ1v) is 9.03. The van der Waals surface area contributed by atoms with Crippen LogP contribution in [-0.2, 0) is 9.59 Å². The number of hydrogen-bond donors (Lipinski definition) is 0. The summed E-state index contributed by atoms with van der Waals surface area (Å²) in [5.74, 6) is -56.6. The number of benzene rings is 1. The van der Waals surface area contributed by atoms with Crippen LogP contribution in [-0.4, -0.2) is 64.5 Å². The lowest BCUT2D eigenvalue weighted by atomic mass is 9.90. The Morgan fingerprint density at radius 3 is 1.26 bits per heavy atom. The van der Waals surface area contributed by atoms with Crippen LogP contribution in [0.25, 0.3) is 5.57 Å². The summed E-state index contributed by atoms with van der Waals surface area (Å²) in [6, 6.07) is -2.27. The molecule has 0 saturated heterocycles. The molecule has 0 N–H and O–H groups in total.